The third-order valence-electron chi connectivity index (χ3n) is 2.81. The molecule has 0 saturated carbocycles. The van der Waals surface area contributed by atoms with Crippen molar-refractivity contribution in [3.8, 4) is 11.3 Å². The molecule has 0 spiro atoms. The average molecular weight is 242 g/mol. The predicted octanol–water partition coefficient (Wildman–Crippen LogP) is 3.66. The van der Waals surface area contributed by atoms with Gasteiger partial charge in [0.25, 0.3) is 0 Å². The summed E-state index contributed by atoms with van der Waals surface area (Å²) in [5.41, 5.74) is 3.43. The zero-order chi connectivity index (χ0) is 13.1. The van der Waals surface area contributed by atoms with Gasteiger partial charge < -0.3 is 9.52 Å². The SMILES string of the molecule is Cc1ccc(-c2ccc(/C=C/C(=O)O)o2)cc1C. The third kappa shape index (κ3) is 2.69. The van der Waals surface area contributed by atoms with Gasteiger partial charge in [0.15, 0.2) is 0 Å². The maximum Gasteiger partial charge on any atom is 0.328 e. The number of aliphatic carboxylic acids is 1. The Hall–Kier alpha value is -2.29. The average Bonchev–Trinajstić information content (AvgIpc) is 2.79. The number of carbonyl (C=O) groups is 1. The molecular formula is C15H14O3. The summed E-state index contributed by atoms with van der Waals surface area (Å²) in [5.74, 6) is 0.285. The van der Waals surface area contributed by atoms with Crippen LogP contribution in [-0.4, -0.2) is 11.1 Å². The Balaban J connectivity index is 2.29. The van der Waals surface area contributed by atoms with Gasteiger partial charge in [0.1, 0.15) is 11.5 Å². The van der Waals surface area contributed by atoms with Crippen LogP contribution in [0.1, 0.15) is 16.9 Å². The van der Waals surface area contributed by atoms with Gasteiger partial charge in [-0.3, -0.25) is 0 Å². The van der Waals surface area contributed by atoms with Crippen LogP contribution in [0, 0.1) is 13.8 Å². The van der Waals surface area contributed by atoms with Crippen LogP contribution in [0.25, 0.3) is 17.4 Å². The molecule has 0 aliphatic carbocycles. The van der Waals surface area contributed by atoms with Crippen LogP contribution in [0.4, 0.5) is 0 Å². The number of benzene rings is 1. The molecule has 3 nitrogen and oxygen atoms in total. The second-order valence-electron chi connectivity index (χ2n) is 4.17. The van der Waals surface area contributed by atoms with E-state index in [1.54, 1.807) is 6.07 Å². The Labute approximate surface area is 105 Å². The van der Waals surface area contributed by atoms with E-state index in [0.29, 0.717) is 5.76 Å². The summed E-state index contributed by atoms with van der Waals surface area (Å²) in [6.07, 6.45) is 2.50. The largest absolute Gasteiger partial charge is 0.478 e. The van der Waals surface area contributed by atoms with E-state index in [0.717, 1.165) is 17.4 Å². The van der Waals surface area contributed by atoms with Crippen LogP contribution >= 0.6 is 0 Å². The fourth-order valence-corrected chi connectivity index (χ4v) is 1.65. The van der Waals surface area contributed by atoms with Gasteiger partial charge in [-0.15, -0.1) is 0 Å². The highest BCUT2D eigenvalue weighted by molar-refractivity contribution is 5.84. The number of rotatable bonds is 3. The zero-order valence-corrected chi connectivity index (χ0v) is 10.3. The highest BCUT2D eigenvalue weighted by Crippen LogP contribution is 2.24. The van der Waals surface area contributed by atoms with E-state index in [1.807, 2.05) is 25.1 Å². The molecule has 1 aromatic carbocycles. The molecule has 0 amide bonds. The van der Waals surface area contributed by atoms with Crippen molar-refractivity contribution in [2.75, 3.05) is 0 Å². The molecule has 0 fully saturated rings. The molecule has 0 radical (unpaired) electrons. The molecule has 0 unspecified atom stereocenters. The molecule has 2 aromatic rings. The Kier molecular flexibility index (Phi) is 3.33. The summed E-state index contributed by atoms with van der Waals surface area (Å²) in [6.45, 7) is 4.11. The summed E-state index contributed by atoms with van der Waals surface area (Å²) in [5, 5.41) is 8.54. The summed E-state index contributed by atoms with van der Waals surface area (Å²) >= 11 is 0. The lowest BCUT2D eigenvalue weighted by atomic mass is 10.1. The summed E-state index contributed by atoms with van der Waals surface area (Å²) in [7, 11) is 0. The highest BCUT2D eigenvalue weighted by Gasteiger charge is 2.04. The molecule has 1 heterocycles. The van der Waals surface area contributed by atoms with E-state index in [9.17, 15) is 4.79 Å². The molecule has 0 bridgehead atoms. The molecule has 0 saturated heterocycles. The smallest absolute Gasteiger partial charge is 0.328 e. The number of carboxylic acids is 1. The van der Waals surface area contributed by atoms with Crippen LogP contribution in [0.15, 0.2) is 40.8 Å². The van der Waals surface area contributed by atoms with Crippen LogP contribution in [0.5, 0.6) is 0 Å². The van der Waals surface area contributed by atoms with Gasteiger partial charge in [0, 0.05) is 11.6 Å². The van der Waals surface area contributed by atoms with Gasteiger partial charge in [0.2, 0.25) is 0 Å². The Morgan fingerprint density at radius 2 is 1.94 bits per heavy atom. The Bertz CT molecular complexity index is 606. The third-order valence-corrected chi connectivity index (χ3v) is 2.81. The van der Waals surface area contributed by atoms with Crippen molar-refractivity contribution in [3.63, 3.8) is 0 Å². The van der Waals surface area contributed by atoms with Crippen LogP contribution < -0.4 is 0 Å². The highest BCUT2D eigenvalue weighted by atomic mass is 16.4. The fourth-order valence-electron chi connectivity index (χ4n) is 1.65. The van der Waals surface area contributed by atoms with E-state index >= 15 is 0 Å². The number of furan rings is 1. The van der Waals surface area contributed by atoms with Gasteiger partial charge in [-0.2, -0.15) is 0 Å². The summed E-state index contributed by atoms with van der Waals surface area (Å²) < 4.78 is 5.56. The van der Waals surface area contributed by atoms with Gasteiger partial charge in [-0.25, -0.2) is 4.79 Å². The van der Waals surface area contributed by atoms with Crippen LogP contribution in [0.3, 0.4) is 0 Å². The molecule has 1 aromatic heterocycles. The number of carboxylic acid groups (broad SMARTS) is 1. The quantitative estimate of drug-likeness (QED) is 0.835. The minimum atomic E-state index is -0.987. The van der Waals surface area contributed by atoms with Crippen molar-refractivity contribution < 1.29 is 14.3 Å². The molecule has 0 aliphatic heterocycles. The maximum atomic E-state index is 10.4. The lowest BCUT2D eigenvalue weighted by Gasteiger charge is -2.02. The summed E-state index contributed by atoms with van der Waals surface area (Å²) in [4.78, 5) is 10.4. The van der Waals surface area contributed by atoms with Crippen molar-refractivity contribution in [1.82, 2.24) is 0 Å². The Morgan fingerprint density at radius 1 is 1.17 bits per heavy atom. The van der Waals surface area contributed by atoms with Gasteiger partial charge >= 0.3 is 5.97 Å². The second kappa shape index (κ2) is 4.92. The number of aryl methyl sites for hydroxylation is 2. The maximum absolute atomic E-state index is 10.4. The molecular weight excluding hydrogens is 228 g/mol. The molecule has 92 valence electrons. The topological polar surface area (TPSA) is 50.4 Å². The minimum absolute atomic E-state index is 0.533. The van der Waals surface area contributed by atoms with E-state index in [4.69, 9.17) is 9.52 Å². The lowest BCUT2D eigenvalue weighted by Crippen LogP contribution is -1.84. The molecule has 2 rings (SSSR count). The molecule has 1 N–H and O–H groups in total. The standard InChI is InChI=1S/C15H14O3/c1-10-3-4-12(9-11(10)2)14-7-5-13(18-14)6-8-15(16)17/h3-9H,1-2H3,(H,16,17)/b8-6+. The lowest BCUT2D eigenvalue weighted by molar-refractivity contribution is -0.131. The van der Waals surface area contributed by atoms with E-state index in [2.05, 4.69) is 13.0 Å². The van der Waals surface area contributed by atoms with E-state index in [-0.39, 0.29) is 0 Å². The fraction of sp³-hybridized carbons (Fsp3) is 0.133. The molecule has 3 heteroatoms. The van der Waals surface area contributed by atoms with E-state index < -0.39 is 5.97 Å². The first kappa shape index (κ1) is 12.2. The van der Waals surface area contributed by atoms with E-state index in [1.165, 1.54) is 17.2 Å². The second-order valence-corrected chi connectivity index (χ2v) is 4.17. The number of hydrogen-bond acceptors (Lipinski definition) is 2. The van der Waals surface area contributed by atoms with Gasteiger partial charge in [0.05, 0.1) is 0 Å². The first-order valence-electron chi connectivity index (χ1n) is 5.65. The number of hydrogen-bond donors (Lipinski definition) is 1. The predicted molar refractivity (Wildman–Crippen MR) is 70.3 cm³/mol. The van der Waals surface area contributed by atoms with Gasteiger partial charge in [-0.1, -0.05) is 12.1 Å². The minimum Gasteiger partial charge on any atom is -0.478 e. The van der Waals surface area contributed by atoms with Crippen LogP contribution in [0.2, 0.25) is 0 Å². The molecule has 18 heavy (non-hydrogen) atoms. The van der Waals surface area contributed by atoms with Crippen LogP contribution in [-0.2, 0) is 4.79 Å². The van der Waals surface area contributed by atoms with Crippen molar-refractivity contribution in [2.45, 2.75) is 13.8 Å². The Morgan fingerprint density at radius 3 is 2.61 bits per heavy atom. The normalized spacial score (nSPS) is 11.0. The van der Waals surface area contributed by atoms with Crippen molar-refractivity contribution in [3.05, 3.63) is 53.3 Å². The first-order valence-corrected chi connectivity index (χ1v) is 5.65. The van der Waals surface area contributed by atoms with Gasteiger partial charge in [-0.05, 0) is 49.2 Å². The van der Waals surface area contributed by atoms with Crippen molar-refractivity contribution >= 4 is 12.0 Å². The zero-order valence-electron chi connectivity index (χ0n) is 10.3. The van der Waals surface area contributed by atoms with Crippen molar-refractivity contribution in [1.29, 1.82) is 0 Å². The molecule has 0 aliphatic rings. The monoisotopic (exact) mass is 242 g/mol. The molecule has 0 atom stereocenters. The summed E-state index contributed by atoms with van der Waals surface area (Å²) in [6, 6.07) is 9.68. The first-order chi connectivity index (χ1) is 8.56. The van der Waals surface area contributed by atoms with Crippen molar-refractivity contribution in [2.24, 2.45) is 0 Å².